The van der Waals surface area contributed by atoms with Gasteiger partial charge in [0.25, 0.3) is 0 Å². The van der Waals surface area contributed by atoms with Crippen molar-refractivity contribution in [2.75, 3.05) is 0 Å². The van der Waals surface area contributed by atoms with Crippen molar-refractivity contribution in [2.24, 2.45) is 0 Å². The van der Waals surface area contributed by atoms with E-state index in [9.17, 15) is 0 Å². The van der Waals surface area contributed by atoms with E-state index >= 15 is 0 Å². The standard InChI is InChI=1S/C11H14N2S2/c1-7-5-12-9(14-7)10-13-6-8(15-10)11(2,3)4/h5-6H,1-4H3. The van der Waals surface area contributed by atoms with E-state index in [1.165, 1.54) is 9.75 Å². The van der Waals surface area contributed by atoms with Gasteiger partial charge >= 0.3 is 0 Å². The summed E-state index contributed by atoms with van der Waals surface area (Å²) < 4.78 is 0. The lowest BCUT2D eigenvalue weighted by molar-refractivity contribution is 0.602. The molecular weight excluding hydrogens is 224 g/mol. The summed E-state index contributed by atoms with van der Waals surface area (Å²) in [6.07, 6.45) is 3.87. The van der Waals surface area contributed by atoms with Crippen molar-refractivity contribution in [3.63, 3.8) is 0 Å². The minimum absolute atomic E-state index is 0.183. The molecule has 0 aliphatic carbocycles. The third-order valence-electron chi connectivity index (χ3n) is 2.05. The Balaban J connectivity index is 2.36. The van der Waals surface area contributed by atoms with Crippen LogP contribution in [0.15, 0.2) is 12.4 Å². The molecule has 15 heavy (non-hydrogen) atoms. The van der Waals surface area contributed by atoms with E-state index in [2.05, 4.69) is 37.7 Å². The monoisotopic (exact) mass is 238 g/mol. The number of hydrogen-bond acceptors (Lipinski definition) is 4. The Kier molecular flexibility index (Phi) is 2.64. The van der Waals surface area contributed by atoms with Gasteiger partial charge in [-0.25, -0.2) is 9.97 Å². The Morgan fingerprint density at radius 3 is 2.07 bits per heavy atom. The molecule has 0 saturated carbocycles. The first kappa shape index (κ1) is 10.8. The lowest BCUT2D eigenvalue weighted by atomic mass is 9.96. The van der Waals surface area contributed by atoms with Crippen molar-refractivity contribution in [1.82, 2.24) is 9.97 Å². The highest BCUT2D eigenvalue weighted by atomic mass is 32.1. The Morgan fingerprint density at radius 2 is 1.60 bits per heavy atom. The second kappa shape index (κ2) is 3.68. The molecule has 0 aromatic carbocycles. The van der Waals surface area contributed by atoms with Crippen LogP contribution in [0.5, 0.6) is 0 Å². The van der Waals surface area contributed by atoms with Crippen molar-refractivity contribution < 1.29 is 0 Å². The zero-order chi connectivity index (χ0) is 11.1. The summed E-state index contributed by atoms with van der Waals surface area (Å²) in [5.41, 5.74) is 0.183. The molecule has 0 saturated heterocycles. The van der Waals surface area contributed by atoms with Crippen molar-refractivity contribution in [3.05, 3.63) is 22.1 Å². The van der Waals surface area contributed by atoms with Gasteiger partial charge in [-0.05, 0) is 12.3 Å². The van der Waals surface area contributed by atoms with Crippen LogP contribution in [0.3, 0.4) is 0 Å². The molecule has 2 rings (SSSR count). The van der Waals surface area contributed by atoms with Crippen LogP contribution in [0, 0.1) is 6.92 Å². The van der Waals surface area contributed by atoms with Gasteiger partial charge in [-0.1, -0.05) is 20.8 Å². The summed E-state index contributed by atoms with van der Waals surface area (Å²) in [5.74, 6) is 0. The second-order valence-electron chi connectivity index (χ2n) is 4.56. The summed E-state index contributed by atoms with van der Waals surface area (Å²) in [6.45, 7) is 8.69. The third kappa shape index (κ3) is 2.26. The Labute approximate surface area is 98.0 Å². The summed E-state index contributed by atoms with van der Waals surface area (Å²) in [4.78, 5) is 11.3. The maximum absolute atomic E-state index is 4.43. The fourth-order valence-electron chi connectivity index (χ4n) is 1.17. The van der Waals surface area contributed by atoms with Crippen LogP contribution in [0.25, 0.3) is 10.0 Å². The average molecular weight is 238 g/mol. The maximum atomic E-state index is 4.43. The highest BCUT2D eigenvalue weighted by Gasteiger charge is 2.18. The lowest BCUT2D eigenvalue weighted by Crippen LogP contribution is -2.07. The van der Waals surface area contributed by atoms with Gasteiger partial charge < -0.3 is 0 Å². The molecule has 0 aliphatic rings. The Hall–Kier alpha value is -0.740. The molecule has 0 bridgehead atoms. The Bertz CT molecular complexity index is 463. The van der Waals surface area contributed by atoms with Gasteiger partial charge in [-0.3, -0.25) is 0 Å². The van der Waals surface area contributed by atoms with Crippen LogP contribution in [0.2, 0.25) is 0 Å². The number of aromatic nitrogens is 2. The largest absolute Gasteiger partial charge is 0.242 e. The van der Waals surface area contributed by atoms with Gasteiger partial charge in [0.2, 0.25) is 0 Å². The SMILES string of the molecule is Cc1cnc(-c2ncc(C(C)(C)C)s2)s1. The number of aryl methyl sites for hydroxylation is 1. The molecule has 0 amide bonds. The van der Waals surface area contributed by atoms with Crippen molar-refractivity contribution in [2.45, 2.75) is 33.1 Å². The molecule has 4 heteroatoms. The summed E-state index contributed by atoms with van der Waals surface area (Å²) in [5, 5.41) is 2.08. The highest BCUT2D eigenvalue weighted by molar-refractivity contribution is 7.21. The van der Waals surface area contributed by atoms with E-state index in [1.807, 2.05) is 12.4 Å². The molecule has 0 spiro atoms. The number of hydrogen-bond donors (Lipinski definition) is 0. The zero-order valence-corrected chi connectivity index (χ0v) is 11.0. The summed E-state index contributed by atoms with van der Waals surface area (Å²) >= 11 is 3.44. The van der Waals surface area contributed by atoms with Gasteiger partial charge in [0.15, 0.2) is 10.0 Å². The van der Waals surface area contributed by atoms with E-state index in [1.54, 1.807) is 22.7 Å². The van der Waals surface area contributed by atoms with Gasteiger partial charge in [0.05, 0.1) is 0 Å². The number of rotatable bonds is 1. The molecule has 0 fully saturated rings. The predicted octanol–water partition coefficient (Wildman–Crippen LogP) is 3.87. The first-order chi connectivity index (χ1) is 6.97. The van der Waals surface area contributed by atoms with Gasteiger partial charge in [0, 0.05) is 22.1 Å². The molecule has 0 unspecified atom stereocenters. The quantitative estimate of drug-likeness (QED) is 0.753. The van der Waals surface area contributed by atoms with Crippen LogP contribution < -0.4 is 0 Å². The van der Waals surface area contributed by atoms with Crippen LogP contribution in [0.1, 0.15) is 30.5 Å². The van der Waals surface area contributed by atoms with E-state index < -0.39 is 0 Å². The van der Waals surface area contributed by atoms with Gasteiger partial charge in [-0.15, -0.1) is 22.7 Å². The molecule has 80 valence electrons. The number of thiazole rings is 2. The zero-order valence-electron chi connectivity index (χ0n) is 9.37. The van der Waals surface area contributed by atoms with E-state index in [-0.39, 0.29) is 5.41 Å². The molecule has 0 atom stereocenters. The molecule has 0 aliphatic heterocycles. The number of nitrogens with zero attached hydrogens (tertiary/aromatic N) is 2. The molecule has 0 radical (unpaired) electrons. The first-order valence-corrected chi connectivity index (χ1v) is 6.49. The fourth-order valence-corrected chi connectivity index (χ4v) is 2.94. The normalized spacial score (nSPS) is 12.0. The average Bonchev–Trinajstić information content (AvgIpc) is 2.69. The lowest BCUT2D eigenvalue weighted by Gasteiger charge is -2.14. The van der Waals surface area contributed by atoms with E-state index in [4.69, 9.17) is 0 Å². The van der Waals surface area contributed by atoms with Crippen molar-refractivity contribution >= 4 is 22.7 Å². The molecular formula is C11H14N2S2. The molecule has 2 nitrogen and oxygen atoms in total. The maximum Gasteiger partial charge on any atom is 0.152 e. The summed E-state index contributed by atoms with van der Waals surface area (Å²) in [6, 6.07) is 0. The topological polar surface area (TPSA) is 25.8 Å². The van der Waals surface area contributed by atoms with Crippen molar-refractivity contribution in [1.29, 1.82) is 0 Å². The Morgan fingerprint density at radius 1 is 1.00 bits per heavy atom. The van der Waals surface area contributed by atoms with Crippen LogP contribution in [-0.4, -0.2) is 9.97 Å². The molecule has 2 aromatic heterocycles. The predicted molar refractivity (Wildman–Crippen MR) is 66.7 cm³/mol. The molecule has 2 aromatic rings. The third-order valence-corrected chi connectivity index (χ3v) is 4.53. The minimum Gasteiger partial charge on any atom is -0.242 e. The van der Waals surface area contributed by atoms with Crippen LogP contribution in [-0.2, 0) is 5.41 Å². The summed E-state index contributed by atoms with van der Waals surface area (Å²) in [7, 11) is 0. The highest BCUT2D eigenvalue weighted by Crippen LogP contribution is 2.34. The van der Waals surface area contributed by atoms with Crippen molar-refractivity contribution in [3.8, 4) is 10.0 Å². The fraction of sp³-hybridized carbons (Fsp3) is 0.455. The second-order valence-corrected chi connectivity index (χ2v) is 6.82. The van der Waals surface area contributed by atoms with Crippen LogP contribution >= 0.6 is 22.7 Å². The molecule has 0 N–H and O–H groups in total. The van der Waals surface area contributed by atoms with Crippen LogP contribution in [0.4, 0.5) is 0 Å². The minimum atomic E-state index is 0.183. The van der Waals surface area contributed by atoms with Gasteiger partial charge in [-0.2, -0.15) is 0 Å². The van der Waals surface area contributed by atoms with Gasteiger partial charge in [0.1, 0.15) is 0 Å². The van der Waals surface area contributed by atoms with E-state index in [0.29, 0.717) is 0 Å². The van der Waals surface area contributed by atoms with E-state index in [0.717, 1.165) is 10.0 Å². The smallest absolute Gasteiger partial charge is 0.152 e. The molecule has 2 heterocycles. The first-order valence-electron chi connectivity index (χ1n) is 4.86.